The molecule has 4 aromatic heterocycles. The lowest BCUT2D eigenvalue weighted by molar-refractivity contribution is 0.101. The molecule has 1 aliphatic heterocycles. The van der Waals surface area contributed by atoms with E-state index in [0.717, 1.165) is 60.1 Å². The maximum absolute atomic E-state index is 12.6. The number of aryl methyl sites for hydroxylation is 2. The van der Waals surface area contributed by atoms with E-state index in [1.165, 1.54) is 0 Å². The number of morpholine rings is 1. The zero-order valence-corrected chi connectivity index (χ0v) is 17.4. The molecule has 0 unspecified atom stereocenters. The fraction of sp³-hybridized carbons (Fsp3) is 0.273. The second kappa shape index (κ2) is 7.84. The summed E-state index contributed by atoms with van der Waals surface area (Å²) in [5.41, 5.74) is 4.67. The highest BCUT2D eigenvalue weighted by Gasteiger charge is 2.15. The van der Waals surface area contributed by atoms with Crippen molar-refractivity contribution in [2.45, 2.75) is 6.92 Å². The van der Waals surface area contributed by atoms with Crippen molar-refractivity contribution >= 4 is 28.4 Å². The average molecular weight is 417 g/mol. The van der Waals surface area contributed by atoms with Crippen LogP contribution in [0.15, 0.2) is 42.7 Å². The summed E-state index contributed by atoms with van der Waals surface area (Å²) in [6, 6.07) is 9.74. The molecule has 9 heteroatoms. The van der Waals surface area contributed by atoms with Gasteiger partial charge in [0.25, 0.3) is 5.91 Å². The third-order valence-corrected chi connectivity index (χ3v) is 5.35. The summed E-state index contributed by atoms with van der Waals surface area (Å²) in [7, 11) is 1.75. The summed E-state index contributed by atoms with van der Waals surface area (Å²) >= 11 is 0. The minimum absolute atomic E-state index is 0.218. The largest absolute Gasteiger partial charge is 0.378 e. The summed E-state index contributed by atoms with van der Waals surface area (Å²) in [5, 5.41) is 8.04. The van der Waals surface area contributed by atoms with Gasteiger partial charge < -0.3 is 19.9 Å². The number of ether oxygens (including phenoxy) is 1. The highest BCUT2D eigenvalue weighted by molar-refractivity contribution is 6.04. The van der Waals surface area contributed by atoms with Crippen molar-refractivity contribution < 1.29 is 9.53 Å². The van der Waals surface area contributed by atoms with Crippen LogP contribution in [-0.4, -0.2) is 56.9 Å². The van der Waals surface area contributed by atoms with Crippen LogP contribution in [0.2, 0.25) is 0 Å². The minimum atomic E-state index is -0.218. The van der Waals surface area contributed by atoms with Crippen molar-refractivity contribution in [3.05, 3.63) is 54.1 Å². The van der Waals surface area contributed by atoms with Crippen molar-refractivity contribution in [2.75, 3.05) is 36.5 Å². The Kier molecular flexibility index (Phi) is 4.87. The van der Waals surface area contributed by atoms with Gasteiger partial charge in [0.15, 0.2) is 0 Å². The van der Waals surface area contributed by atoms with Gasteiger partial charge in [-0.2, -0.15) is 5.10 Å². The second-order valence-electron chi connectivity index (χ2n) is 7.60. The van der Waals surface area contributed by atoms with Crippen LogP contribution in [0.4, 0.5) is 11.5 Å². The van der Waals surface area contributed by atoms with Crippen molar-refractivity contribution in [3.8, 4) is 11.3 Å². The van der Waals surface area contributed by atoms with Gasteiger partial charge in [-0.15, -0.1) is 0 Å². The van der Waals surface area contributed by atoms with Gasteiger partial charge in [-0.05, 0) is 37.3 Å². The summed E-state index contributed by atoms with van der Waals surface area (Å²) in [4.78, 5) is 27.1. The fourth-order valence-electron chi connectivity index (χ4n) is 3.81. The molecule has 0 saturated carbocycles. The molecule has 0 radical (unpaired) electrons. The van der Waals surface area contributed by atoms with E-state index >= 15 is 0 Å². The number of fused-ring (bicyclic) bond motifs is 1. The van der Waals surface area contributed by atoms with Crippen molar-refractivity contribution in [1.29, 1.82) is 0 Å². The fourth-order valence-corrected chi connectivity index (χ4v) is 3.81. The summed E-state index contributed by atoms with van der Waals surface area (Å²) in [6.07, 6.45) is 3.47. The Hall–Kier alpha value is -3.72. The lowest BCUT2D eigenvalue weighted by Gasteiger charge is -2.27. The topological polar surface area (TPSA) is 101 Å². The van der Waals surface area contributed by atoms with E-state index in [0.29, 0.717) is 11.4 Å². The van der Waals surface area contributed by atoms with Gasteiger partial charge in [-0.3, -0.25) is 9.48 Å². The highest BCUT2D eigenvalue weighted by atomic mass is 16.5. The van der Waals surface area contributed by atoms with Gasteiger partial charge >= 0.3 is 0 Å². The molecule has 0 atom stereocenters. The molecule has 0 aromatic carbocycles. The lowest BCUT2D eigenvalue weighted by Crippen LogP contribution is -2.36. The van der Waals surface area contributed by atoms with E-state index in [1.54, 1.807) is 24.0 Å². The Bertz CT molecular complexity index is 1250. The molecule has 9 nitrogen and oxygen atoms in total. The zero-order chi connectivity index (χ0) is 21.4. The van der Waals surface area contributed by atoms with Gasteiger partial charge in [-0.25, -0.2) is 9.97 Å². The molecule has 4 aromatic rings. The van der Waals surface area contributed by atoms with Gasteiger partial charge in [0.1, 0.15) is 17.2 Å². The first-order valence-corrected chi connectivity index (χ1v) is 10.2. The molecule has 2 N–H and O–H groups in total. The maximum Gasteiger partial charge on any atom is 0.273 e. The van der Waals surface area contributed by atoms with Crippen molar-refractivity contribution in [3.63, 3.8) is 0 Å². The standard InChI is InChI=1S/C22H23N7O2/c1-14-9-19(28(2)27-14)22(30)25-17-10-16-11-18(26-21(16)24-13-17)15-3-4-23-20(12-15)29-5-7-31-8-6-29/h3-4,9-13H,5-8H2,1-2H3,(H,24,26)(H,25,30). The highest BCUT2D eigenvalue weighted by Crippen LogP contribution is 2.27. The Balaban J connectivity index is 1.40. The predicted molar refractivity (Wildman–Crippen MR) is 118 cm³/mol. The molecule has 1 amide bonds. The summed E-state index contributed by atoms with van der Waals surface area (Å²) < 4.78 is 7.00. The van der Waals surface area contributed by atoms with Crippen LogP contribution in [0, 0.1) is 6.92 Å². The molecular formula is C22H23N7O2. The third-order valence-electron chi connectivity index (χ3n) is 5.35. The van der Waals surface area contributed by atoms with Crippen LogP contribution >= 0.6 is 0 Å². The maximum atomic E-state index is 12.6. The predicted octanol–water partition coefficient (Wildman–Crippen LogP) is 2.76. The van der Waals surface area contributed by atoms with E-state index in [-0.39, 0.29) is 5.91 Å². The number of pyridine rings is 2. The number of aromatic nitrogens is 5. The number of anilines is 2. The van der Waals surface area contributed by atoms with E-state index in [9.17, 15) is 4.79 Å². The molecule has 0 bridgehead atoms. The van der Waals surface area contributed by atoms with Crippen molar-refractivity contribution in [2.24, 2.45) is 7.05 Å². The quantitative estimate of drug-likeness (QED) is 0.530. The molecular weight excluding hydrogens is 394 g/mol. The normalized spacial score (nSPS) is 14.2. The van der Waals surface area contributed by atoms with E-state index in [1.807, 2.05) is 31.3 Å². The lowest BCUT2D eigenvalue weighted by atomic mass is 10.2. The first-order valence-electron chi connectivity index (χ1n) is 10.2. The van der Waals surface area contributed by atoms with Crippen LogP contribution in [-0.2, 0) is 11.8 Å². The third kappa shape index (κ3) is 3.87. The molecule has 1 saturated heterocycles. The average Bonchev–Trinajstić information content (AvgIpc) is 3.36. The molecule has 0 spiro atoms. The monoisotopic (exact) mass is 417 g/mol. The Morgan fingerprint density at radius 3 is 2.77 bits per heavy atom. The molecule has 1 aliphatic rings. The van der Waals surface area contributed by atoms with Crippen LogP contribution in [0.5, 0.6) is 0 Å². The van der Waals surface area contributed by atoms with Crippen LogP contribution in [0.1, 0.15) is 16.2 Å². The number of nitrogens with zero attached hydrogens (tertiary/aromatic N) is 5. The molecule has 5 heterocycles. The zero-order valence-electron chi connectivity index (χ0n) is 17.4. The van der Waals surface area contributed by atoms with E-state index in [4.69, 9.17) is 4.74 Å². The first kappa shape index (κ1) is 19.3. The van der Waals surface area contributed by atoms with Crippen LogP contribution < -0.4 is 10.2 Å². The number of rotatable bonds is 4. The molecule has 158 valence electrons. The smallest absolute Gasteiger partial charge is 0.273 e. The Morgan fingerprint density at radius 1 is 1.16 bits per heavy atom. The molecule has 0 aliphatic carbocycles. The van der Waals surface area contributed by atoms with Gasteiger partial charge in [0.2, 0.25) is 0 Å². The number of amides is 1. The Morgan fingerprint density at radius 2 is 2.00 bits per heavy atom. The summed E-state index contributed by atoms with van der Waals surface area (Å²) in [5.74, 6) is 0.719. The number of hydrogen-bond acceptors (Lipinski definition) is 6. The SMILES string of the molecule is Cc1cc(C(=O)Nc2cnc3[nH]c(-c4ccnc(N5CCOCC5)c4)cc3c2)n(C)n1. The van der Waals surface area contributed by atoms with Gasteiger partial charge in [0, 0.05) is 43.0 Å². The number of hydrogen-bond donors (Lipinski definition) is 2. The van der Waals surface area contributed by atoms with Crippen LogP contribution in [0.3, 0.4) is 0 Å². The molecule has 5 rings (SSSR count). The molecule has 1 fully saturated rings. The van der Waals surface area contributed by atoms with Gasteiger partial charge in [-0.1, -0.05) is 0 Å². The molecule has 31 heavy (non-hydrogen) atoms. The first-order chi connectivity index (χ1) is 15.1. The minimum Gasteiger partial charge on any atom is -0.378 e. The second-order valence-corrected chi connectivity index (χ2v) is 7.60. The number of nitrogens with one attached hydrogen (secondary N) is 2. The number of H-pyrrole nitrogens is 1. The number of carbonyl (C=O) groups excluding carboxylic acids is 1. The number of aromatic amines is 1. The van der Waals surface area contributed by atoms with E-state index < -0.39 is 0 Å². The van der Waals surface area contributed by atoms with Crippen molar-refractivity contribution in [1.82, 2.24) is 24.7 Å². The number of carbonyl (C=O) groups is 1. The van der Waals surface area contributed by atoms with Gasteiger partial charge in [0.05, 0.1) is 30.8 Å². The summed E-state index contributed by atoms with van der Waals surface area (Å²) in [6.45, 7) is 4.97. The van der Waals surface area contributed by atoms with Crippen LogP contribution in [0.25, 0.3) is 22.3 Å². The van der Waals surface area contributed by atoms with E-state index in [2.05, 4.69) is 36.3 Å². The Labute approximate surface area is 179 Å².